The Labute approximate surface area is 246 Å². The minimum absolute atomic E-state index is 0.0381. The van der Waals surface area contributed by atoms with E-state index >= 15 is 0 Å². The Balaban J connectivity index is 1.26. The molecule has 8 nitrogen and oxygen atoms in total. The maximum absolute atomic E-state index is 13.4. The van der Waals surface area contributed by atoms with E-state index in [1.54, 1.807) is 36.4 Å². The molecule has 212 valence electrons. The summed E-state index contributed by atoms with van der Waals surface area (Å²) in [4.78, 5) is 24.1. The summed E-state index contributed by atoms with van der Waals surface area (Å²) in [5, 5.41) is 19.7. The van der Waals surface area contributed by atoms with Crippen LogP contribution in [0.3, 0.4) is 0 Å². The van der Waals surface area contributed by atoms with Crippen molar-refractivity contribution >= 4 is 32.8 Å². The lowest BCUT2D eigenvalue weighted by atomic mass is 9.96. The Morgan fingerprint density at radius 2 is 1.30 bits per heavy atom. The number of rotatable bonds is 8. The number of carbonyl (C=O) groups is 2. The Kier molecular flexibility index (Phi) is 7.01. The van der Waals surface area contributed by atoms with Crippen LogP contribution in [0.5, 0.6) is 11.5 Å². The molecule has 0 atom stereocenters. The molecule has 0 aliphatic heterocycles. The second-order valence-corrected chi connectivity index (χ2v) is 11.2. The van der Waals surface area contributed by atoms with Crippen molar-refractivity contribution in [3.63, 3.8) is 0 Å². The van der Waals surface area contributed by atoms with Gasteiger partial charge in [-0.3, -0.25) is 4.79 Å². The lowest BCUT2D eigenvalue weighted by molar-refractivity contribution is 0.0693. The van der Waals surface area contributed by atoms with Crippen LogP contribution in [0, 0.1) is 0 Å². The Hall–Kier alpha value is -5.67. The topological polar surface area (TPSA) is 131 Å². The third-order valence-corrected chi connectivity index (χ3v) is 8.14. The molecule has 0 unspecified atom stereocenters. The third-order valence-electron chi connectivity index (χ3n) is 6.89. The highest BCUT2D eigenvalue weighted by Gasteiger charge is 2.23. The number of aromatic carboxylic acids is 1. The van der Waals surface area contributed by atoms with Crippen molar-refractivity contribution in [3.8, 4) is 33.8 Å². The number of phenols is 1. The number of para-hydroxylation sites is 1. The molecule has 43 heavy (non-hydrogen) atoms. The van der Waals surface area contributed by atoms with Crippen molar-refractivity contribution in [1.82, 2.24) is 0 Å². The first kappa shape index (κ1) is 27.5. The van der Waals surface area contributed by atoms with Crippen LogP contribution >= 0.6 is 0 Å². The van der Waals surface area contributed by atoms with Gasteiger partial charge in [-0.05, 0) is 47.0 Å². The van der Waals surface area contributed by atoms with Gasteiger partial charge in [0, 0.05) is 22.6 Å². The first-order chi connectivity index (χ1) is 20.7. The quantitative estimate of drug-likeness (QED) is 0.141. The predicted molar refractivity (Wildman–Crippen MR) is 160 cm³/mol. The van der Waals surface area contributed by atoms with Gasteiger partial charge in [0.2, 0.25) is 5.78 Å². The van der Waals surface area contributed by atoms with Crippen LogP contribution in [0.15, 0.2) is 131 Å². The van der Waals surface area contributed by atoms with Crippen LogP contribution < -0.4 is 4.18 Å². The molecule has 2 N–H and O–H groups in total. The molecule has 0 bridgehead atoms. The van der Waals surface area contributed by atoms with Crippen LogP contribution in [0.2, 0.25) is 0 Å². The van der Waals surface area contributed by atoms with E-state index in [1.807, 2.05) is 54.6 Å². The Bertz CT molecular complexity index is 2090. The van der Waals surface area contributed by atoms with Gasteiger partial charge < -0.3 is 18.8 Å². The predicted octanol–water partition coefficient (Wildman–Crippen LogP) is 7.17. The number of carbonyl (C=O) groups excluding carboxylic acids is 1. The van der Waals surface area contributed by atoms with Gasteiger partial charge in [0.25, 0.3) is 0 Å². The fourth-order valence-electron chi connectivity index (χ4n) is 4.77. The van der Waals surface area contributed by atoms with E-state index in [0.29, 0.717) is 16.7 Å². The van der Waals surface area contributed by atoms with Gasteiger partial charge in [-0.2, -0.15) is 8.42 Å². The molecule has 5 aromatic carbocycles. The fraction of sp³-hybridized carbons (Fsp3) is 0. The van der Waals surface area contributed by atoms with E-state index in [4.69, 9.17) is 13.7 Å². The molecule has 0 saturated carbocycles. The summed E-state index contributed by atoms with van der Waals surface area (Å²) in [6, 6.07) is 33.3. The zero-order valence-electron chi connectivity index (χ0n) is 22.3. The Morgan fingerprint density at radius 1 is 0.698 bits per heavy atom. The SMILES string of the molecule is O=C(O)c1ccc(S(=O)(=O)Oc2ccc(-c3ccc(-c4c(C(=O)c5ccccc5)oc5ccccc45)cc3)cc2)cc1O. The molecule has 1 aromatic heterocycles. The van der Waals surface area contributed by atoms with Gasteiger partial charge >= 0.3 is 16.1 Å². The summed E-state index contributed by atoms with van der Waals surface area (Å²) < 4.78 is 36.6. The molecule has 6 aromatic rings. The molecule has 0 radical (unpaired) electrons. The van der Waals surface area contributed by atoms with Gasteiger partial charge in [-0.1, -0.05) is 84.9 Å². The van der Waals surface area contributed by atoms with E-state index < -0.39 is 27.4 Å². The van der Waals surface area contributed by atoms with Crippen molar-refractivity contribution < 1.29 is 36.8 Å². The van der Waals surface area contributed by atoms with Crippen LogP contribution in [0.1, 0.15) is 26.5 Å². The number of carboxylic acid groups (broad SMARTS) is 1. The number of hydrogen-bond donors (Lipinski definition) is 2. The maximum atomic E-state index is 13.4. The molecule has 0 fully saturated rings. The molecule has 1 heterocycles. The monoisotopic (exact) mass is 590 g/mol. The fourth-order valence-corrected chi connectivity index (χ4v) is 5.72. The summed E-state index contributed by atoms with van der Waals surface area (Å²) in [5.74, 6) is -1.99. The molecule has 0 amide bonds. The smallest absolute Gasteiger partial charge is 0.339 e. The zero-order valence-corrected chi connectivity index (χ0v) is 23.1. The van der Waals surface area contributed by atoms with Crippen molar-refractivity contribution in [3.05, 3.63) is 138 Å². The molecular weight excluding hydrogens is 568 g/mol. The van der Waals surface area contributed by atoms with E-state index in [2.05, 4.69) is 0 Å². The van der Waals surface area contributed by atoms with Crippen LogP contribution in [0.25, 0.3) is 33.2 Å². The number of hydrogen-bond acceptors (Lipinski definition) is 7. The highest BCUT2D eigenvalue weighted by Crippen LogP contribution is 2.37. The van der Waals surface area contributed by atoms with Gasteiger partial charge in [-0.25, -0.2) is 4.79 Å². The minimum atomic E-state index is -4.33. The summed E-state index contributed by atoms with van der Waals surface area (Å²) >= 11 is 0. The second-order valence-electron chi connectivity index (χ2n) is 9.62. The highest BCUT2D eigenvalue weighted by molar-refractivity contribution is 7.87. The lowest BCUT2D eigenvalue weighted by Crippen LogP contribution is -2.10. The van der Waals surface area contributed by atoms with E-state index in [9.17, 15) is 23.1 Å². The van der Waals surface area contributed by atoms with Gasteiger partial charge in [0.1, 0.15) is 27.5 Å². The lowest BCUT2D eigenvalue weighted by Gasteiger charge is -2.10. The largest absolute Gasteiger partial charge is 0.507 e. The van der Waals surface area contributed by atoms with E-state index in [-0.39, 0.29) is 22.2 Å². The number of aromatic hydroxyl groups is 1. The average molecular weight is 591 g/mol. The van der Waals surface area contributed by atoms with Crippen LogP contribution in [-0.4, -0.2) is 30.4 Å². The molecule has 0 saturated heterocycles. The summed E-state index contributed by atoms with van der Waals surface area (Å²) in [6.07, 6.45) is 0. The van der Waals surface area contributed by atoms with Crippen molar-refractivity contribution in [2.75, 3.05) is 0 Å². The number of furan rings is 1. The maximum Gasteiger partial charge on any atom is 0.339 e. The molecule has 0 aliphatic rings. The van der Waals surface area contributed by atoms with Gasteiger partial charge in [0.05, 0.1) is 0 Å². The molecule has 0 aliphatic carbocycles. The second kappa shape index (κ2) is 11.0. The van der Waals surface area contributed by atoms with Crippen LogP contribution in [-0.2, 0) is 10.1 Å². The minimum Gasteiger partial charge on any atom is -0.507 e. The van der Waals surface area contributed by atoms with E-state index in [0.717, 1.165) is 40.3 Å². The number of ketones is 1. The van der Waals surface area contributed by atoms with Crippen molar-refractivity contribution in [2.45, 2.75) is 4.90 Å². The van der Waals surface area contributed by atoms with Crippen LogP contribution in [0.4, 0.5) is 0 Å². The molecular formula is C34H22O8S. The summed E-state index contributed by atoms with van der Waals surface area (Å²) in [7, 11) is -4.33. The summed E-state index contributed by atoms with van der Waals surface area (Å²) in [6.45, 7) is 0. The number of benzene rings is 5. The normalized spacial score (nSPS) is 11.3. The Morgan fingerprint density at radius 3 is 1.95 bits per heavy atom. The molecule has 6 rings (SSSR count). The standard InChI is InChI=1S/C34H22O8S/c35-29-20-26(18-19-27(29)34(37)38)43(39,40)42-25-16-14-22(15-17-25)21-10-12-23(13-11-21)31-28-8-4-5-9-30(28)41-33(31)32(36)24-6-2-1-3-7-24/h1-20,35H,(H,37,38). The zero-order chi connectivity index (χ0) is 30.1. The first-order valence-electron chi connectivity index (χ1n) is 13.0. The average Bonchev–Trinajstić information content (AvgIpc) is 3.41. The highest BCUT2D eigenvalue weighted by atomic mass is 32.2. The number of fused-ring (bicyclic) bond motifs is 1. The van der Waals surface area contributed by atoms with Gasteiger partial charge in [0.15, 0.2) is 5.76 Å². The first-order valence-corrected chi connectivity index (χ1v) is 14.4. The summed E-state index contributed by atoms with van der Waals surface area (Å²) in [5.41, 5.74) is 3.85. The van der Waals surface area contributed by atoms with Crippen molar-refractivity contribution in [2.24, 2.45) is 0 Å². The molecule has 0 spiro atoms. The third kappa shape index (κ3) is 5.37. The van der Waals surface area contributed by atoms with Gasteiger partial charge in [-0.15, -0.1) is 0 Å². The van der Waals surface area contributed by atoms with E-state index in [1.165, 1.54) is 12.1 Å². The molecule has 9 heteroatoms. The number of carboxylic acids is 1. The van der Waals surface area contributed by atoms with Crippen molar-refractivity contribution in [1.29, 1.82) is 0 Å².